The summed E-state index contributed by atoms with van der Waals surface area (Å²) in [5, 5.41) is 80.1. The molecule has 14 atom stereocenters. The Hall–Kier alpha value is -7.12. The van der Waals surface area contributed by atoms with E-state index in [2.05, 4.69) is 33.5 Å². The molecule has 4 aromatic carbocycles. The van der Waals surface area contributed by atoms with Crippen molar-refractivity contribution >= 4 is 54.3 Å². The normalized spacial score (nSPS) is 26.2. The molecule has 24 nitrogen and oxygen atoms in total. The summed E-state index contributed by atoms with van der Waals surface area (Å²) >= 11 is 0. The van der Waals surface area contributed by atoms with Gasteiger partial charge >= 0.3 is 7.60 Å². The zero-order valence-corrected chi connectivity index (χ0v) is 50.4. The van der Waals surface area contributed by atoms with Gasteiger partial charge in [0.15, 0.2) is 0 Å². The van der Waals surface area contributed by atoms with Crippen molar-refractivity contribution < 1.29 is 82.9 Å². The van der Waals surface area contributed by atoms with Crippen LogP contribution in [0.3, 0.4) is 0 Å². The molecule has 0 radical (unpaired) electrons. The number of hydrogen-bond donors (Lipinski definition) is 12. The number of benzene rings is 4. The maximum Gasteiger partial charge on any atom is 0.358 e. The van der Waals surface area contributed by atoms with E-state index in [1.54, 1.807) is 19.1 Å². The molecule has 4 aromatic rings. The van der Waals surface area contributed by atoms with Crippen LogP contribution in [-0.2, 0) is 44.3 Å². The van der Waals surface area contributed by atoms with Crippen LogP contribution in [0.1, 0.15) is 95.5 Å². The van der Waals surface area contributed by atoms with E-state index in [0.717, 1.165) is 70.9 Å². The van der Waals surface area contributed by atoms with Crippen molar-refractivity contribution in [2.75, 3.05) is 32.8 Å². The smallest absolute Gasteiger partial charge is 0.358 e. The van der Waals surface area contributed by atoms with Crippen LogP contribution in [0.2, 0.25) is 0 Å². The highest BCUT2D eigenvalue weighted by molar-refractivity contribution is 7.61. The largest absolute Gasteiger partial charge is 0.494 e. The zero-order chi connectivity index (χ0) is 63.3. The predicted octanol–water partition coefficient (Wildman–Crippen LogP) is 1.19. The fraction of sp³-hybridized carbons (Fsp3) is 0.500. The summed E-state index contributed by atoms with van der Waals surface area (Å²) in [5.41, 5.74) is 3.90. The Balaban J connectivity index is 1.15. The number of nitrogens with one attached hydrogen (secondary N) is 5. The highest BCUT2D eigenvalue weighted by Gasteiger charge is 2.49. The Morgan fingerprint density at radius 2 is 1.18 bits per heavy atom. The van der Waals surface area contributed by atoms with Crippen LogP contribution in [-0.4, -0.2) is 192 Å². The van der Waals surface area contributed by atoms with E-state index in [1.807, 2.05) is 55.5 Å². The number of nitrogens with zero attached hydrogens (tertiary/aromatic N) is 2. The number of carbonyl (C=O) groups is 7. The Kier molecular flexibility index (Phi) is 23.8. The van der Waals surface area contributed by atoms with Gasteiger partial charge in [-0.1, -0.05) is 101 Å². The number of fused-ring (bicyclic) bond motifs is 2. The Morgan fingerprint density at radius 3 is 1.76 bits per heavy atom. The third-order valence-electron chi connectivity index (χ3n) is 15.9. The molecular formula is C62H82N7O17P. The van der Waals surface area contributed by atoms with Gasteiger partial charge in [0.1, 0.15) is 42.0 Å². The maximum absolute atomic E-state index is 14.6. The molecule has 0 bridgehead atoms. The average molecular weight is 1230 g/mol. The average Bonchev–Trinajstić information content (AvgIpc) is 2.49. The van der Waals surface area contributed by atoms with Gasteiger partial charge in [0.05, 0.1) is 55.1 Å². The van der Waals surface area contributed by atoms with Gasteiger partial charge in [-0.25, -0.2) is 0 Å². The van der Waals surface area contributed by atoms with Gasteiger partial charge in [0, 0.05) is 50.4 Å². The van der Waals surface area contributed by atoms with Gasteiger partial charge in [-0.05, 0) is 90.9 Å². The number of aliphatic hydroxyl groups excluding tert-OH is 6. The first-order valence-corrected chi connectivity index (χ1v) is 31.2. The van der Waals surface area contributed by atoms with Gasteiger partial charge in [0.2, 0.25) is 35.4 Å². The molecule has 1 unspecified atom stereocenters. The van der Waals surface area contributed by atoms with E-state index >= 15 is 0 Å². The van der Waals surface area contributed by atoms with Crippen LogP contribution in [0.15, 0.2) is 97.1 Å². The second kappa shape index (κ2) is 30.7. The number of aliphatic hydroxyl groups is 6. The van der Waals surface area contributed by atoms with Crippen LogP contribution >= 0.6 is 7.60 Å². The second-order valence-electron chi connectivity index (χ2n) is 22.8. The minimum absolute atomic E-state index is 0.0180. The lowest BCUT2D eigenvalue weighted by atomic mass is 9.99. The molecule has 3 heterocycles. The number of amides is 7. The lowest BCUT2D eigenvalue weighted by molar-refractivity contribution is -0.147. The molecule has 25 heteroatoms. The first kappa shape index (κ1) is 67.4. The predicted molar refractivity (Wildman–Crippen MR) is 320 cm³/mol. The van der Waals surface area contributed by atoms with Crippen molar-refractivity contribution in [2.24, 2.45) is 5.92 Å². The summed E-state index contributed by atoms with van der Waals surface area (Å²) in [6.07, 6.45) is -6.94. The number of ether oxygens (including phenoxy) is 1. The molecule has 0 aromatic heterocycles. The Labute approximate surface area is 505 Å². The van der Waals surface area contributed by atoms with Gasteiger partial charge in [-0.15, -0.1) is 0 Å². The SMILES string of the molecule is CCCCCOc1ccc(-c2ccc(-c3ccc(C(=O)N[C@H]4C[C@@H](O)CNC(=O)[C@@H]5[C@@H](O)[C@@H](C)CN5C(=O)[C@H]([C@@H](C)O)NC(=O)[C@H]([C@H](O)Cc5ccc(P(=O)(O)OCCCC)cc5)NC(=O)[C@@H]5C[C@@H](O)CN5C(=O)[C@H]([C@@H](C)O)NC4=O)cc3)cc2)cc1. The van der Waals surface area contributed by atoms with Crippen LogP contribution in [0.5, 0.6) is 5.75 Å². The topological polar surface area (TPSA) is 363 Å². The second-order valence-corrected chi connectivity index (χ2v) is 24.6. The Bertz CT molecular complexity index is 3060. The van der Waals surface area contributed by atoms with E-state index in [9.17, 15) is 73.7 Å². The fourth-order valence-corrected chi connectivity index (χ4v) is 11.8. The number of carbonyl (C=O) groups excluding carboxylic acids is 7. The molecule has 0 spiro atoms. The molecular weight excluding hydrogens is 1150 g/mol. The molecule has 7 amide bonds. The first-order valence-electron chi connectivity index (χ1n) is 29.6. The quantitative estimate of drug-likeness (QED) is 0.0463. The monoisotopic (exact) mass is 1230 g/mol. The molecule has 3 aliphatic rings. The molecule has 87 heavy (non-hydrogen) atoms. The van der Waals surface area contributed by atoms with Crippen molar-refractivity contribution in [1.29, 1.82) is 0 Å². The number of β-amino-alcohol motifs (C(OH)–C–C–N with tert-alkyl or cyclic N) is 1. The van der Waals surface area contributed by atoms with E-state index in [0.29, 0.717) is 19.4 Å². The molecule has 3 fully saturated rings. The third kappa shape index (κ3) is 17.4. The maximum atomic E-state index is 14.6. The van der Waals surface area contributed by atoms with E-state index < -0.39 is 160 Å². The summed E-state index contributed by atoms with van der Waals surface area (Å²) in [6.45, 7) is 7.11. The van der Waals surface area contributed by atoms with E-state index in [4.69, 9.17) is 9.26 Å². The van der Waals surface area contributed by atoms with E-state index in [1.165, 1.54) is 36.4 Å². The molecule has 7 rings (SSSR count). The molecule has 0 saturated carbocycles. The summed E-state index contributed by atoms with van der Waals surface area (Å²) in [5.74, 6) is -7.41. The van der Waals surface area contributed by atoms with E-state index in [-0.39, 0.29) is 29.6 Å². The number of hydrogen-bond acceptors (Lipinski definition) is 16. The standard InChI is InChI=1S/C62H82N7O17P/c1-6-8-10-27-85-46-23-21-42(22-24-46)40-15-13-39(14-16-40)41-17-19-43(20-18-41)56(76)64-48-30-44(72)32-63-60(80)54-55(75)35(3)33-69(54)62(82)52(37(5)71)66-59(79)53(50(74)29-38-11-25-47(26-12-38)87(83,84)86-28-9-7-2)67-58(78)49-31-45(73)34-68(49)61(81)51(36(4)70)65-57(48)77/h11-26,35-37,44-45,48-55,70-75H,6-10,27-34H2,1-5H3,(H,63,80)(H,64,76)(H,65,77)(H,66,79)(H,67,78)(H,83,84)/t35-,36+,37+,44+,45+,48-,49-,50+,51-,52-,53-,54-,55-/m0/s1. The third-order valence-corrected chi connectivity index (χ3v) is 17.4. The highest BCUT2D eigenvalue weighted by Crippen LogP contribution is 2.41. The van der Waals surface area contributed by atoms with Crippen LogP contribution in [0.25, 0.3) is 22.3 Å². The van der Waals surface area contributed by atoms with Crippen molar-refractivity contribution in [2.45, 2.75) is 159 Å². The van der Waals surface area contributed by atoms with Crippen LogP contribution in [0.4, 0.5) is 0 Å². The lowest BCUT2D eigenvalue weighted by Crippen LogP contribution is -2.64. The minimum atomic E-state index is -4.25. The van der Waals surface area contributed by atoms with Gasteiger partial charge in [-0.2, -0.15) is 0 Å². The number of unbranched alkanes of at least 4 members (excludes halogenated alkanes) is 3. The summed E-state index contributed by atoms with van der Waals surface area (Å²) in [4.78, 5) is 113. The molecule has 3 aliphatic heterocycles. The van der Waals surface area contributed by atoms with Crippen molar-refractivity contribution in [1.82, 2.24) is 36.4 Å². The lowest BCUT2D eigenvalue weighted by Gasteiger charge is -2.33. The van der Waals surface area contributed by atoms with Crippen molar-refractivity contribution in [3.05, 3.63) is 108 Å². The van der Waals surface area contributed by atoms with Crippen molar-refractivity contribution in [3.8, 4) is 28.0 Å². The fourth-order valence-electron chi connectivity index (χ4n) is 10.8. The van der Waals surface area contributed by atoms with Crippen LogP contribution < -0.4 is 36.6 Å². The number of rotatable bonds is 19. The van der Waals surface area contributed by atoms with Crippen molar-refractivity contribution in [3.63, 3.8) is 0 Å². The van der Waals surface area contributed by atoms with Gasteiger partial charge in [-0.3, -0.25) is 38.1 Å². The molecule has 0 aliphatic carbocycles. The first-order chi connectivity index (χ1) is 41.4. The zero-order valence-electron chi connectivity index (χ0n) is 49.5. The molecule has 472 valence electrons. The summed E-state index contributed by atoms with van der Waals surface area (Å²) in [6, 6.07) is 16.6. The summed E-state index contributed by atoms with van der Waals surface area (Å²) < 4.78 is 24.0. The molecule has 3 saturated heterocycles. The Morgan fingerprint density at radius 1 is 0.644 bits per heavy atom. The van der Waals surface area contributed by atoms with Gasteiger partial charge in [0.25, 0.3) is 5.91 Å². The minimum Gasteiger partial charge on any atom is -0.494 e. The molecule has 12 N–H and O–H groups in total. The highest BCUT2D eigenvalue weighted by atomic mass is 31.2. The summed E-state index contributed by atoms with van der Waals surface area (Å²) in [7, 11) is -4.25. The van der Waals surface area contributed by atoms with Crippen LogP contribution in [0, 0.1) is 5.92 Å². The van der Waals surface area contributed by atoms with Gasteiger partial charge < -0.3 is 81.2 Å².